The number of aromatic nitrogens is 2. The van der Waals surface area contributed by atoms with Crippen LogP contribution in [0.1, 0.15) is 30.2 Å². The van der Waals surface area contributed by atoms with Gasteiger partial charge in [0, 0.05) is 50.7 Å². The van der Waals surface area contributed by atoms with Crippen molar-refractivity contribution >= 4 is 28.1 Å². The number of benzene rings is 1. The van der Waals surface area contributed by atoms with E-state index in [2.05, 4.69) is 37.4 Å². The van der Waals surface area contributed by atoms with Crippen LogP contribution in [0.3, 0.4) is 0 Å². The molecule has 4 rings (SSSR count). The maximum atomic E-state index is 12.2. The molecule has 27 heavy (non-hydrogen) atoms. The van der Waals surface area contributed by atoms with Crippen LogP contribution in [0, 0.1) is 0 Å². The maximum Gasteiger partial charge on any atom is 0.227 e. The second kappa shape index (κ2) is 8.22. The lowest BCUT2D eigenvalue weighted by Gasteiger charge is -2.36. The lowest BCUT2D eigenvalue weighted by Crippen LogP contribution is -2.47. The Labute approximate surface area is 163 Å². The zero-order chi connectivity index (χ0) is 18.6. The average Bonchev–Trinajstić information content (AvgIpc) is 3.46. The first-order valence-corrected chi connectivity index (χ1v) is 10.3. The van der Waals surface area contributed by atoms with E-state index in [1.54, 1.807) is 7.11 Å². The van der Waals surface area contributed by atoms with E-state index in [4.69, 9.17) is 4.74 Å². The lowest BCUT2D eigenvalue weighted by atomic mass is 10.2. The van der Waals surface area contributed by atoms with Crippen LogP contribution in [-0.2, 0) is 4.79 Å². The molecular formula is C19H25N5O2S. The van der Waals surface area contributed by atoms with E-state index in [-0.39, 0.29) is 5.91 Å². The molecule has 0 radical (unpaired) electrons. The Bertz CT molecular complexity index is 767. The summed E-state index contributed by atoms with van der Waals surface area (Å²) in [7, 11) is 1.68. The fraction of sp³-hybridized carbons (Fsp3) is 0.526. The van der Waals surface area contributed by atoms with Gasteiger partial charge < -0.3 is 15.0 Å². The number of hydrogen-bond acceptors (Lipinski definition) is 7. The minimum Gasteiger partial charge on any atom is -0.497 e. The van der Waals surface area contributed by atoms with Gasteiger partial charge in [0.1, 0.15) is 10.8 Å². The van der Waals surface area contributed by atoms with Crippen LogP contribution < -0.4 is 15.0 Å². The number of carbonyl (C=O) groups is 1. The molecule has 0 atom stereocenters. The SMILES string of the molecule is COc1ccc(N2CCN(CCC(=O)Nc3nnc(C4CC4)s3)CC2)cc1. The summed E-state index contributed by atoms with van der Waals surface area (Å²) in [4.78, 5) is 16.9. The average molecular weight is 388 g/mol. The Hall–Kier alpha value is -2.19. The number of rotatable bonds is 7. The molecule has 0 unspecified atom stereocenters. The molecule has 8 heteroatoms. The van der Waals surface area contributed by atoms with Gasteiger partial charge in [-0.05, 0) is 37.1 Å². The smallest absolute Gasteiger partial charge is 0.227 e. The van der Waals surface area contributed by atoms with Gasteiger partial charge in [-0.3, -0.25) is 9.69 Å². The molecule has 2 fully saturated rings. The summed E-state index contributed by atoms with van der Waals surface area (Å²) < 4.78 is 5.21. The summed E-state index contributed by atoms with van der Waals surface area (Å²) in [5, 5.41) is 12.8. The molecule has 1 aromatic heterocycles. The van der Waals surface area contributed by atoms with Crippen molar-refractivity contribution in [1.29, 1.82) is 0 Å². The fourth-order valence-corrected chi connectivity index (χ4v) is 4.17. The van der Waals surface area contributed by atoms with Crippen LogP contribution in [0.25, 0.3) is 0 Å². The first-order valence-electron chi connectivity index (χ1n) is 9.46. The summed E-state index contributed by atoms with van der Waals surface area (Å²) in [6.45, 7) is 4.63. The molecule has 1 aliphatic carbocycles. The van der Waals surface area contributed by atoms with Crippen LogP contribution in [-0.4, -0.2) is 60.8 Å². The van der Waals surface area contributed by atoms with Gasteiger partial charge >= 0.3 is 0 Å². The van der Waals surface area contributed by atoms with Gasteiger partial charge in [-0.15, -0.1) is 10.2 Å². The number of carbonyl (C=O) groups excluding carboxylic acids is 1. The first-order chi connectivity index (χ1) is 13.2. The normalized spacial score (nSPS) is 17.7. The molecule has 1 aromatic carbocycles. The van der Waals surface area contributed by atoms with E-state index >= 15 is 0 Å². The maximum absolute atomic E-state index is 12.2. The van der Waals surface area contributed by atoms with E-state index in [0.29, 0.717) is 17.5 Å². The molecule has 1 amide bonds. The monoisotopic (exact) mass is 387 g/mol. The van der Waals surface area contributed by atoms with Crippen molar-refractivity contribution < 1.29 is 9.53 Å². The summed E-state index contributed by atoms with van der Waals surface area (Å²) in [5.41, 5.74) is 1.22. The van der Waals surface area contributed by atoms with Crippen molar-refractivity contribution in [2.24, 2.45) is 0 Å². The first kappa shape index (κ1) is 18.2. The third-order valence-electron chi connectivity index (χ3n) is 5.08. The third-order valence-corrected chi connectivity index (χ3v) is 6.08. The topological polar surface area (TPSA) is 70.6 Å². The van der Waals surface area contributed by atoms with Crippen LogP contribution in [0.5, 0.6) is 5.75 Å². The molecule has 0 spiro atoms. The van der Waals surface area contributed by atoms with E-state index in [9.17, 15) is 4.79 Å². The van der Waals surface area contributed by atoms with Crippen LogP contribution in [0.4, 0.5) is 10.8 Å². The van der Waals surface area contributed by atoms with E-state index in [0.717, 1.165) is 43.5 Å². The predicted octanol–water partition coefficient (Wildman–Crippen LogP) is 2.57. The molecule has 1 N–H and O–H groups in total. The highest BCUT2D eigenvalue weighted by Gasteiger charge is 2.27. The quantitative estimate of drug-likeness (QED) is 0.787. The van der Waals surface area contributed by atoms with Crippen molar-refractivity contribution in [3.8, 4) is 5.75 Å². The highest BCUT2D eigenvalue weighted by molar-refractivity contribution is 7.15. The molecule has 2 aromatic rings. The minimum atomic E-state index is 0.0195. The highest BCUT2D eigenvalue weighted by atomic mass is 32.1. The standard InChI is InChI=1S/C19H25N5O2S/c1-26-16-6-4-15(5-7-16)24-12-10-23(11-13-24)9-8-17(25)20-19-22-21-18(27-19)14-2-3-14/h4-7,14H,2-3,8-13H2,1H3,(H,20,22,25). The summed E-state index contributed by atoms with van der Waals surface area (Å²) >= 11 is 1.51. The van der Waals surface area contributed by atoms with Crippen molar-refractivity contribution in [3.05, 3.63) is 29.3 Å². The number of nitrogens with one attached hydrogen (secondary N) is 1. The van der Waals surface area contributed by atoms with Crippen LogP contribution in [0.2, 0.25) is 0 Å². The molecule has 2 heterocycles. The Morgan fingerprint density at radius 3 is 2.59 bits per heavy atom. The number of piperazine rings is 1. The highest BCUT2D eigenvalue weighted by Crippen LogP contribution is 2.42. The van der Waals surface area contributed by atoms with Gasteiger partial charge in [-0.25, -0.2) is 0 Å². The minimum absolute atomic E-state index is 0.0195. The van der Waals surface area contributed by atoms with Gasteiger partial charge in [0.25, 0.3) is 0 Å². The van der Waals surface area contributed by atoms with Crippen molar-refractivity contribution in [3.63, 3.8) is 0 Å². The summed E-state index contributed by atoms with van der Waals surface area (Å²) in [5.74, 6) is 1.48. The molecule has 1 saturated heterocycles. The fourth-order valence-electron chi connectivity index (χ4n) is 3.24. The van der Waals surface area contributed by atoms with Crippen LogP contribution in [0.15, 0.2) is 24.3 Å². The number of methoxy groups -OCH3 is 1. The van der Waals surface area contributed by atoms with E-state index < -0.39 is 0 Å². The number of amides is 1. The van der Waals surface area contributed by atoms with Crippen LogP contribution >= 0.6 is 11.3 Å². The lowest BCUT2D eigenvalue weighted by molar-refractivity contribution is -0.116. The largest absolute Gasteiger partial charge is 0.497 e. The molecule has 1 aliphatic heterocycles. The van der Waals surface area contributed by atoms with Gasteiger partial charge in [-0.2, -0.15) is 0 Å². The van der Waals surface area contributed by atoms with Gasteiger partial charge in [0.2, 0.25) is 11.0 Å². The zero-order valence-corrected chi connectivity index (χ0v) is 16.4. The Morgan fingerprint density at radius 1 is 1.19 bits per heavy atom. The Balaban J connectivity index is 1.18. The second-order valence-electron chi connectivity index (χ2n) is 7.04. The van der Waals surface area contributed by atoms with Gasteiger partial charge in [0.15, 0.2) is 0 Å². The number of nitrogens with zero attached hydrogens (tertiary/aromatic N) is 4. The molecule has 0 bridgehead atoms. The number of ether oxygens (including phenoxy) is 1. The Morgan fingerprint density at radius 2 is 1.93 bits per heavy atom. The van der Waals surface area contributed by atoms with Gasteiger partial charge in [0.05, 0.1) is 7.11 Å². The Kier molecular flexibility index (Phi) is 5.54. The number of anilines is 2. The van der Waals surface area contributed by atoms with Crippen molar-refractivity contribution in [1.82, 2.24) is 15.1 Å². The molecule has 7 nitrogen and oxygen atoms in total. The number of hydrogen-bond donors (Lipinski definition) is 1. The van der Waals surface area contributed by atoms with Crippen molar-refractivity contribution in [2.45, 2.75) is 25.2 Å². The zero-order valence-electron chi connectivity index (χ0n) is 15.6. The van der Waals surface area contributed by atoms with Crippen molar-refractivity contribution in [2.75, 3.05) is 50.1 Å². The van der Waals surface area contributed by atoms with E-state index in [1.165, 1.54) is 29.9 Å². The molecule has 1 saturated carbocycles. The summed E-state index contributed by atoms with van der Waals surface area (Å²) in [6, 6.07) is 8.18. The molecular weight excluding hydrogens is 362 g/mol. The molecule has 2 aliphatic rings. The molecule has 144 valence electrons. The summed E-state index contributed by atoms with van der Waals surface area (Å²) in [6.07, 6.45) is 2.89. The predicted molar refractivity (Wildman–Crippen MR) is 107 cm³/mol. The second-order valence-corrected chi connectivity index (χ2v) is 8.05. The van der Waals surface area contributed by atoms with E-state index in [1.807, 2.05) is 12.1 Å². The van der Waals surface area contributed by atoms with Gasteiger partial charge in [-0.1, -0.05) is 11.3 Å². The third kappa shape index (κ3) is 4.75.